The van der Waals surface area contributed by atoms with Gasteiger partial charge < -0.3 is 5.32 Å². The third-order valence-electron chi connectivity index (χ3n) is 4.15. The Morgan fingerprint density at radius 3 is 2.67 bits per heavy atom. The number of rotatable bonds is 7. The van der Waals surface area contributed by atoms with Crippen LogP contribution in [-0.2, 0) is 11.2 Å². The number of benzene rings is 2. The number of hydrogen-bond donors (Lipinski definition) is 1. The largest absolute Gasteiger partial charge is 0.354 e. The molecule has 1 heterocycles. The molecule has 0 saturated carbocycles. The van der Waals surface area contributed by atoms with Crippen LogP contribution in [0.4, 0.5) is 4.39 Å². The quantitative estimate of drug-likeness (QED) is 0.674. The van der Waals surface area contributed by atoms with Gasteiger partial charge in [0.2, 0.25) is 11.7 Å². The third-order valence-corrected chi connectivity index (χ3v) is 4.40. The topological polar surface area (TPSA) is 72.7 Å². The molecule has 0 aliphatic carbocycles. The number of hydrogen-bond acceptors (Lipinski definition) is 4. The SMILES string of the molecule is CCC(C(=O)NCCc1ccccc1F)n1nnc(-c2ccc(Cl)cc2)n1. The minimum Gasteiger partial charge on any atom is -0.354 e. The Morgan fingerprint density at radius 1 is 1.22 bits per heavy atom. The van der Waals surface area contributed by atoms with Crippen molar-refractivity contribution in [3.63, 3.8) is 0 Å². The van der Waals surface area contributed by atoms with Crippen LogP contribution in [0.5, 0.6) is 0 Å². The lowest BCUT2D eigenvalue weighted by Crippen LogP contribution is -2.34. The Hall–Kier alpha value is -2.80. The number of tetrazole rings is 1. The normalized spacial score (nSPS) is 12.0. The van der Waals surface area contributed by atoms with Gasteiger partial charge in [-0.3, -0.25) is 4.79 Å². The van der Waals surface area contributed by atoms with Crippen LogP contribution in [0, 0.1) is 5.82 Å². The minimum absolute atomic E-state index is 0.228. The first-order valence-electron chi connectivity index (χ1n) is 8.65. The van der Waals surface area contributed by atoms with E-state index >= 15 is 0 Å². The summed E-state index contributed by atoms with van der Waals surface area (Å²) in [5.74, 6) is -0.0810. The summed E-state index contributed by atoms with van der Waals surface area (Å²) in [6.07, 6.45) is 0.914. The van der Waals surface area contributed by atoms with Gasteiger partial charge in [-0.05, 0) is 54.0 Å². The van der Waals surface area contributed by atoms with E-state index in [1.165, 1.54) is 10.9 Å². The maximum Gasteiger partial charge on any atom is 0.246 e. The van der Waals surface area contributed by atoms with Crippen molar-refractivity contribution in [3.05, 3.63) is 64.9 Å². The standard InChI is InChI=1S/C19H19ClFN5O/c1-2-17(19(27)22-12-11-13-5-3-4-6-16(13)21)26-24-18(23-25-26)14-7-9-15(20)10-8-14/h3-10,17H,2,11-12H2,1H3,(H,22,27). The molecule has 27 heavy (non-hydrogen) atoms. The summed E-state index contributed by atoms with van der Waals surface area (Å²) in [5, 5.41) is 15.8. The highest BCUT2D eigenvalue weighted by atomic mass is 35.5. The molecule has 1 amide bonds. The number of carbonyl (C=O) groups excluding carboxylic acids is 1. The molecule has 0 saturated heterocycles. The van der Waals surface area contributed by atoms with Crippen molar-refractivity contribution < 1.29 is 9.18 Å². The summed E-state index contributed by atoms with van der Waals surface area (Å²) in [7, 11) is 0. The molecular formula is C19H19ClFN5O. The molecular weight excluding hydrogens is 369 g/mol. The molecule has 0 bridgehead atoms. The molecule has 3 rings (SSSR count). The highest BCUT2D eigenvalue weighted by molar-refractivity contribution is 6.30. The van der Waals surface area contributed by atoms with Gasteiger partial charge in [-0.1, -0.05) is 36.7 Å². The fourth-order valence-corrected chi connectivity index (χ4v) is 2.79. The van der Waals surface area contributed by atoms with Gasteiger partial charge in [0, 0.05) is 17.1 Å². The first kappa shape index (κ1) is 19.0. The van der Waals surface area contributed by atoms with E-state index in [1.54, 1.807) is 42.5 Å². The molecule has 8 heteroatoms. The van der Waals surface area contributed by atoms with Crippen LogP contribution in [0.2, 0.25) is 5.02 Å². The van der Waals surface area contributed by atoms with E-state index in [0.717, 1.165) is 5.56 Å². The average Bonchev–Trinajstić information content (AvgIpc) is 3.14. The number of halogens is 2. The van der Waals surface area contributed by atoms with E-state index in [9.17, 15) is 9.18 Å². The average molecular weight is 388 g/mol. The van der Waals surface area contributed by atoms with E-state index in [-0.39, 0.29) is 11.7 Å². The molecule has 1 aromatic heterocycles. The number of amides is 1. The van der Waals surface area contributed by atoms with Gasteiger partial charge in [0.25, 0.3) is 0 Å². The second-order valence-corrected chi connectivity index (χ2v) is 6.43. The third kappa shape index (κ3) is 4.68. The summed E-state index contributed by atoms with van der Waals surface area (Å²) >= 11 is 5.88. The number of aromatic nitrogens is 4. The Morgan fingerprint density at radius 2 is 1.96 bits per heavy atom. The first-order chi connectivity index (χ1) is 13.1. The van der Waals surface area contributed by atoms with Crippen molar-refractivity contribution in [1.82, 2.24) is 25.5 Å². The van der Waals surface area contributed by atoms with Crippen LogP contribution in [0.15, 0.2) is 48.5 Å². The lowest BCUT2D eigenvalue weighted by Gasteiger charge is -2.13. The zero-order valence-corrected chi connectivity index (χ0v) is 15.5. The van der Waals surface area contributed by atoms with E-state index in [0.29, 0.717) is 35.8 Å². The Balaban J connectivity index is 1.63. The van der Waals surface area contributed by atoms with Gasteiger partial charge in [0.05, 0.1) is 0 Å². The molecule has 0 fully saturated rings. The molecule has 0 spiro atoms. The van der Waals surface area contributed by atoms with Crippen molar-refractivity contribution >= 4 is 17.5 Å². The monoisotopic (exact) mass is 387 g/mol. The molecule has 0 aliphatic rings. The molecule has 0 aliphatic heterocycles. The highest BCUT2D eigenvalue weighted by Gasteiger charge is 2.21. The number of carbonyl (C=O) groups is 1. The second-order valence-electron chi connectivity index (χ2n) is 6.00. The van der Waals surface area contributed by atoms with E-state index in [4.69, 9.17) is 11.6 Å². The van der Waals surface area contributed by atoms with Crippen LogP contribution in [0.3, 0.4) is 0 Å². The van der Waals surface area contributed by atoms with Crippen LogP contribution < -0.4 is 5.32 Å². The van der Waals surface area contributed by atoms with Crippen molar-refractivity contribution in [2.24, 2.45) is 0 Å². The summed E-state index contributed by atoms with van der Waals surface area (Å²) in [5.41, 5.74) is 1.33. The lowest BCUT2D eigenvalue weighted by molar-refractivity contribution is -0.125. The van der Waals surface area contributed by atoms with E-state index in [2.05, 4.69) is 20.7 Å². The maximum absolute atomic E-state index is 13.6. The van der Waals surface area contributed by atoms with E-state index in [1.807, 2.05) is 6.92 Å². The first-order valence-corrected chi connectivity index (χ1v) is 9.03. The van der Waals surface area contributed by atoms with Crippen molar-refractivity contribution in [3.8, 4) is 11.4 Å². The summed E-state index contributed by atoms with van der Waals surface area (Å²) in [4.78, 5) is 13.8. The molecule has 3 aromatic rings. The molecule has 0 radical (unpaired) electrons. The highest BCUT2D eigenvalue weighted by Crippen LogP contribution is 2.18. The maximum atomic E-state index is 13.6. The van der Waals surface area contributed by atoms with Crippen LogP contribution in [0.1, 0.15) is 24.9 Å². The predicted octanol–water partition coefficient (Wildman–Crippen LogP) is 3.44. The molecule has 140 valence electrons. The molecule has 6 nitrogen and oxygen atoms in total. The Labute approximate surface area is 161 Å². The lowest BCUT2D eigenvalue weighted by atomic mass is 10.1. The summed E-state index contributed by atoms with van der Waals surface area (Å²) in [6.45, 7) is 2.20. The summed E-state index contributed by atoms with van der Waals surface area (Å²) < 4.78 is 13.6. The van der Waals surface area contributed by atoms with Crippen LogP contribution in [-0.4, -0.2) is 32.7 Å². The zero-order valence-electron chi connectivity index (χ0n) is 14.8. The van der Waals surface area contributed by atoms with Gasteiger partial charge in [-0.15, -0.1) is 10.2 Å². The fraction of sp³-hybridized carbons (Fsp3) is 0.263. The molecule has 1 unspecified atom stereocenters. The van der Waals surface area contributed by atoms with Gasteiger partial charge in [-0.25, -0.2) is 4.39 Å². The second kappa shape index (κ2) is 8.73. The number of nitrogens with one attached hydrogen (secondary N) is 1. The number of nitrogens with zero attached hydrogens (tertiary/aromatic N) is 4. The van der Waals surface area contributed by atoms with Gasteiger partial charge in [-0.2, -0.15) is 4.80 Å². The van der Waals surface area contributed by atoms with Gasteiger partial charge in [0.1, 0.15) is 5.82 Å². The smallest absolute Gasteiger partial charge is 0.246 e. The van der Waals surface area contributed by atoms with Crippen molar-refractivity contribution in [2.75, 3.05) is 6.54 Å². The van der Waals surface area contributed by atoms with Crippen molar-refractivity contribution in [2.45, 2.75) is 25.8 Å². The fourth-order valence-electron chi connectivity index (χ4n) is 2.66. The molecule has 1 atom stereocenters. The Bertz CT molecular complexity index is 912. The predicted molar refractivity (Wildman–Crippen MR) is 101 cm³/mol. The van der Waals surface area contributed by atoms with Gasteiger partial charge in [0.15, 0.2) is 6.04 Å². The van der Waals surface area contributed by atoms with Gasteiger partial charge >= 0.3 is 0 Å². The zero-order chi connectivity index (χ0) is 19.2. The van der Waals surface area contributed by atoms with E-state index < -0.39 is 6.04 Å². The van der Waals surface area contributed by atoms with Crippen molar-refractivity contribution in [1.29, 1.82) is 0 Å². The van der Waals surface area contributed by atoms with Crippen LogP contribution >= 0.6 is 11.6 Å². The minimum atomic E-state index is -0.584. The summed E-state index contributed by atoms with van der Waals surface area (Å²) in [6, 6.07) is 13.0. The molecule has 1 N–H and O–H groups in total. The molecule has 2 aromatic carbocycles. The van der Waals surface area contributed by atoms with Crippen LogP contribution in [0.25, 0.3) is 11.4 Å². The Kier molecular flexibility index (Phi) is 6.13.